The largest absolute Gasteiger partial charge is 0.359 e. The standard InChI is InChI=1S/C20H24FN5/c1-3-25-11-9-15(14-25)13-24(2)20-12-18(16-4-6-17(21)7-5-16)23-19-8-10-22-26(19)20/h4-8,10,12,15H,3,9,11,13-14H2,1-2H3. The van der Waals surface area contributed by atoms with Gasteiger partial charge in [0.15, 0.2) is 5.65 Å². The van der Waals surface area contributed by atoms with Gasteiger partial charge in [0.2, 0.25) is 0 Å². The van der Waals surface area contributed by atoms with Crippen molar-refractivity contribution in [2.75, 3.05) is 38.1 Å². The Morgan fingerprint density at radius 1 is 1.23 bits per heavy atom. The average molecular weight is 353 g/mol. The molecule has 1 atom stereocenters. The second-order valence-electron chi connectivity index (χ2n) is 7.04. The molecule has 1 aromatic carbocycles. The molecule has 3 heterocycles. The van der Waals surface area contributed by atoms with E-state index in [1.165, 1.54) is 25.1 Å². The Morgan fingerprint density at radius 2 is 2.04 bits per heavy atom. The lowest BCUT2D eigenvalue weighted by Gasteiger charge is -2.24. The van der Waals surface area contributed by atoms with Crippen molar-refractivity contribution < 1.29 is 4.39 Å². The van der Waals surface area contributed by atoms with Gasteiger partial charge in [0.05, 0.1) is 11.9 Å². The van der Waals surface area contributed by atoms with Gasteiger partial charge in [-0.05, 0) is 49.7 Å². The zero-order chi connectivity index (χ0) is 18.1. The predicted molar refractivity (Wildman–Crippen MR) is 102 cm³/mol. The highest BCUT2D eigenvalue weighted by Gasteiger charge is 2.23. The summed E-state index contributed by atoms with van der Waals surface area (Å²) in [4.78, 5) is 9.44. The van der Waals surface area contributed by atoms with E-state index >= 15 is 0 Å². The summed E-state index contributed by atoms with van der Waals surface area (Å²) < 4.78 is 15.1. The molecule has 2 aromatic heterocycles. The molecule has 3 aromatic rings. The van der Waals surface area contributed by atoms with Crippen LogP contribution in [-0.2, 0) is 0 Å². The van der Waals surface area contributed by atoms with Crippen LogP contribution in [0, 0.1) is 11.7 Å². The molecule has 1 fully saturated rings. The number of anilines is 1. The summed E-state index contributed by atoms with van der Waals surface area (Å²) in [6.07, 6.45) is 3.00. The van der Waals surface area contributed by atoms with Crippen molar-refractivity contribution in [3.63, 3.8) is 0 Å². The van der Waals surface area contributed by atoms with E-state index in [1.807, 2.05) is 16.6 Å². The average Bonchev–Trinajstić information content (AvgIpc) is 3.30. The molecule has 1 saturated heterocycles. The first-order valence-electron chi connectivity index (χ1n) is 9.18. The number of hydrogen-bond acceptors (Lipinski definition) is 4. The second-order valence-corrected chi connectivity index (χ2v) is 7.04. The molecule has 1 aliphatic heterocycles. The maximum atomic E-state index is 13.3. The summed E-state index contributed by atoms with van der Waals surface area (Å²) in [5.41, 5.74) is 2.54. The Labute approximate surface area is 153 Å². The first kappa shape index (κ1) is 17.0. The van der Waals surface area contributed by atoms with Crippen molar-refractivity contribution in [1.29, 1.82) is 0 Å². The van der Waals surface area contributed by atoms with E-state index < -0.39 is 0 Å². The van der Waals surface area contributed by atoms with Crippen molar-refractivity contribution in [3.8, 4) is 11.3 Å². The van der Waals surface area contributed by atoms with Crippen molar-refractivity contribution in [2.24, 2.45) is 5.92 Å². The molecule has 6 heteroatoms. The van der Waals surface area contributed by atoms with Gasteiger partial charge >= 0.3 is 0 Å². The number of nitrogens with zero attached hydrogens (tertiary/aromatic N) is 5. The molecule has 1 unspecified atom stereocenters. The van der Waals surface area contributed by atoms with Gasteiger partial charge in [-0.15, -0.1) is 0 Å². The number of likely N-dealkylation sites (tertiary alicyclic amines) is 1. The van der Waals surface area contributed by atoms with Crippen LogP contribution in [0.2, 0.25) is 0 Å². The topological polar surface area (TPSA) is 36.7 Å². The minimum absolute atomic E-state index is 0.238. The first-order valence-corrected chi connectivity index (χ1v) is 9.18. The van der Waals surface area contributed by atoms with Gasteiger partial charge in [0.1, 0.15) is 11.6 Å². The lowest BCUT2D eigenvalue weighted by molar-refractivity contribution is 0.343. The molecule has 26 heavy (non-hydrogen) atoms. The molecule has 1 aliphatic rings. The summed E-state index contributed by atoms with van der Waals surface area (Å²) in [7, 11) is 2.11. The second kappa shape index (κ2) is 7.03. The molecular weight excluding hydrogens is 329 g/mol. The normalized spacial score (nSPS) is 17.9. The Hall–Kier alpha value is -2.47. The van der Waals surface area contributed by atoms with E-state index in [9.17, 15) is 4.39 Å². The summed E-state index contributed by atoms with van der Waals surface area (Å²) >= 11 is 0. The van der Waals surface area contributed by atoms with Gasteiger partial charge < -0.3 is 9.80 Å². The third-order valence-electron chi connectivity index (χ3n) is 5.22. The molecule has 0 N–H and O–H groups in total. The van der Waals surface area contributed by atoms with Crippen LogP contribution in [0.25, 0.3) is 16.9 Å². The van der Waals surface area contributed by atoms with Crippen LogP contribution < -0.4 is 4.90 Å². The lowest BCUT2D eigenvalue weighted by atomic mass is 10.1. The highest BCUT2D eigenvalue weighted by atomic mass is 19.1. The quantitative estimate of drug-likeness (QED) is 0.705. The van der Waals surface area contributed by atoms with Crippen LogP contribution in [0.15, 0.2) is 42.6 Å². The molecule has 136 valence electrons. The van der Waals surface area contributed by atoms with Gasteiger partial charge in [-0.2, -0.15) is 9.61 Å². The molecule has 0 saturated carbocycles. The van der Waals surface area contributed by atoms with Crippen LogP contribution in [-0.4, -0.2) is 52.7 Å². The highest BCUT2D eigenvalue weighted by molar-refractivity contribution is 5.66. The molecule has 0 radical (unpaired) electrons. The van der Waals surface area contributed by atoms with E-state index in [2.05, 4.69) is 33.9 Å². The van der Waals surface area contributed by atoms with Crippen LogP contribution in [0.4, 0.5) is 10.2 Å². The maximum absolute atomic E-state index is 13.3. The number of benzene rings is 1. The van der Waals surface area contributed by atoms with E-state index in [0.717, 1.165) is 42.4 Å². The van der Waals surface area contributed by atoms with Gasteiger partial charge in [0.25, 0.3) is 0 Å². The minimum atomic E-state index is -0.238. The zero-order valence-corrected chi connectivity index (χ0v) is 15.3. The van der Waals surface area contributed by atoms with Gasteiger partial charge in [-0.1, -0.05) is 6.92 Å². The van der Waals surface area contributed by atoms with E-state index in [1.54, 1.807) is 18.3 Å². The van der Waals surface area contributed by atoms with Crippen molar-refractivity contribution in [1.82, 2.24) is 19.5 Å². The molecule has 0 spiro atoms. The molecule has 0 aliphatic carbocycles. The van der Waals surface area contributed by atoms with Gasteiger partial charge in [-0.25, -0.2) is 9.37 Å². The fourth-order valence-corrected chi connectivity index (χ4v) is 3.77. The maximum Gasteiger partial charge on any atom is 0.157 e. The smallest absolute Gasteiger partial charge is 0.157 e. The van der Waals surface area contributed by atoms with E-state index in [4.69, 9.17) is 0 Å². The predicted octanol–water partition coefficient (Wildman–Crippen LogP) is 3.31. The van der Waals surface area contributed by atoms with E-state index in [0.29, 0.717) is 5.92 Å². The lowest BCUT2D eigenvalue weighted by Crippen LogP contribution is -2.29. The first-order chi connectivity index (χ1) is 12.6. The molecule has 4 rings (SSSR count). The number of hydrogen-bond donors (Lipinski definition) is 0. The Bertz CT molecular complexity index is 889. The Morgan fingerprint density at radius 3 is 2.77 bits per heavy atom. The van der Waals surface area contributed by atoms with Crippen LogP contribution >= 0.6 is 0 Å². The third kappa shape index (κ3) is 3.29. The monoisotopic (exact) mass is 353 g/mol. The van der Waals surface area contributed by atoms with Crippen molar-refractivity contribution in [3.05, 3.63) is 48.4 Å². The Kier molecular flexibility index (Phi) is 4.59. The SMILES string of the molecule is CCN1CCC(CN(C)c2cc(-c3ccc(F)cc3)nc3ccnn23)C1. The summed E-state index contributed by atoms with van der Waals surface area (Å²) in [6.45, 7) is 6.66. The van der Waals surface area contributed by atoms with Crippen LogP contribution in [0.3, 0.4) is 0 Å². The van der Waals surface area contributed by atoms with Crippen molar-refractivity contribution >= 4 is 11.5 Å². The third-order valence-corrected chi connectivity index (χ3v) is 5.22. The van der Waals surface area contributed by atoms with Crippen LogP contribution in [0.1, 0.15) is 13.3 Å². The summed E-state index contributed by atoms with van der Waals surface area (Å²) in [5.74, 6) is 1.43. The minimum Gasteiger partial charge on any atom is -0.359 e. The highest BCUT2D eigenvalue weighted by Crippen LogP contribution is 2.26. The molecule has 0 amide bonds. The fourth-order valence-electron chi connectivity index (χ4n) is 3.77. The molecule has 5 nitrogen and oxygen atoms in total. The summed E-state index contributed by atoms with van der Waals surface area (Å²) in [5, 5.41) is 4.44. The molecular formula is C20H24FN5. The number of aromatic nitrogens is 3. The Balaban J connectivity index is 1.65. The van der Waals surface area contributed by atoms with Gasteiger partial charge in [-0.3, -0.25) is 0 Å². The van der Waals surface area contributed by atoms with E-state index in [-0.39, 0.29) is 5.82 Å². The van der Waals surface area contributed by atoms with Gasteiger partial charge in [0, 0.05) is 37.8 Å². The number of fused-ring (bicyclic) bond motifs is 1. The van der Waals surface area contributed by atoms with Crippen LogP contribution in [0.5, 0.6) is 0 Å². The van der Waals surface area contributed by atoms with Crippen molar-refractivity contribution in [2.45, 2.75) is 13.3 Å². The number of halogens is 1. The number of rotatable bonds is 5. The molecule has 0 bridgehead atoms. The zero-order valence-electron chi connectivity index (χ0n) is 15.3. The fraction of sp³-hybridized carbons (Fsp3) is 0.400. The summed E-state index contributed by atoms with van der Waals surface area (Å²) in [6, 6.07) is 10.4.